The van der Waals surface area contributed by atoms with Crippen LogP contribution in [0.5, 0.6) is 0 Å². The summed E-state index contributed by atoms with van der Waals surface area (Å²) in [6, 6.07) is 2.59. The van der Waals surface area contributed by atoms with Crippen LogP contribution < -0.4 is 4.90 Å². The number of nitrogens with zero attached hydrogens (tertiary/aromatic N) is 4. The van der Waals surface area contributed by atoms with Gasteiger partial charge in [0, 0.05) is 36.1 Å². The van der Waals surface area contributed by atoms with Gasteiger partial charge in [-0.2, -0.15) is 0 Å². The van der Waals surface area contributed by atoms with E-state index in [0.717, 1.165) is 18.0 Å². The van der Waals surface area contributed by atoms with Gasteiger partial charge in [0.25, 0.3) is 0 Å². The molecule has 4 nitrogen and oxygen atoms in total. The van der Waals surface area contributed by atoms with Crippen LogP contribution in [-0.4, -0.2) is 30.1 Å². The van der Waals surface area contributed by atoms with Crippen LogP contribution >= 0.6 is 0 Å². The fourth-order valence-electron chi connectivity index (χ4n) is 3.23. The molecule has 3 rings (SSSR count). The summed E-state index contributed by atoms with van der Waals surface area (Å²) in [7, 11) is 0. The van der Waals surface area contributed by atoms with Crippen LogP contribution in [0.2, 0.25) is 0 Å². The van der Waals surface area contributed by atoms with Gasteiger partial charge in [0.05, 0.1) is 11.9 Å². The van der Waals surface area contributed by atoms with E-state index in [1.54, 1.807) is 0 Å². The Labute approximate surface area is 120 Å². The average molecular weight is 268 g/mol. The third kappa shape index (κ3) is 2.05. The van der Waals surface area contributed by atoms with Crippen molar-refractivity contribution in [1.29, 1.82) is 0 Å². The van der Waals surface area contributed by atoms with Gasteiger partial charge in [0.2, 0.25) is 0 Å². The van der Waals surface area contributed by atoms with Crippen molar-refractivity contribution in [3.05, 3.63) is 30.2 Å². The predicted molar refractivity (Wildman–Crippen MR) is 84.5 cm³/mol. The zero-order valence-electron chi connectivity index (χ0n) is 11.9. The van der Waals surface area contributed by atoms with Gasteiger partial charge >= 0.3 is 0 Å². The Kier molecular flexibility index (Phi) is 3.63. The van der Waals surface area contributed by atoms with Crippen LogP contribution in [0, 0.1) is 0 Å². The van der Waals surface area contributed by atoms with Gasteiger partial charge in [-0.15, -0.1) is 0 Å². The van der Waals surface area contributed by atoms with E-state index in [1.807, 2.05) is 24.7 Å². The molecule has 2 heterocycles. The Morgan fingerprint density at radius 1 is 1.45 bits per heavy atom. The lowest BCUT2D eigenvalue weighted by molar-refractivity contribution is 0.692. The van der Waals surface area contributed by atoms with E-state index in [4.69, 9.17) is 4.99 Å². The quantitative estimate of drug-likeness (QED) is 0.789. The number of aromatic nitrogens is 1. The monoisotopic (exact) mass is 268 g/mol. The van der Waals surface area contributed by atoms with Gasteiger partial charge in [-0.25, -0.2) is 0 Å². The first-order chi connectivity index (χ1) is 9.86. The van der Waals surface area contributed by atoms with E-state index in [1.165, 1.54) is 36.9 Å². The number of hydrogen-bond acceptors (Lipinski definition) is 3. The number of fused-ring (bicyclic) bond motifs is 1. The van der Waals surface area contributed by atoms with Crippen molar-refractivity contribution in [2.75, 3.05) is 11.4 Å². The summed E-state index contributed by atoms with van der Waals surface area (Å²) in [5.74, 6) is 1.04. The molecule has 0 atom stereocenters. The summed E-state index contributed by atoms with van der Waals surface area (Å²) in [5.41, 5.74) is 3.42. The Morgan fingerprint density at radius 3 is 2.95 bits per heavy atom. The topological polar surface area (TPSA) is 40.9 Å². The Bertz CT molecular complexity index is 568. The summed E-state index contributed by atoms with van der Waals surface area (Å²) in [5, 5.41) is 0. The SMILES string of the molecule is C=N/C=C1\C(=NCC)N(C2CCCC2)c2cnccc21. The van der Waals surface area contributed by atoms with Gasteiger partial charge < -0.3 is 4.90 Å². The molecule has 4 heteroatoms. The van der Waals surface area contributed by atoms with Crippen molar-refractivity contribution in [2.45, 2.75) is 38.6 Å². The molecular weight excluding hydrogens is 248 g/mol. The van der Waals surface area contributed by atoms with E-state index in [-0.39, 0.29) is 0 Å². The summed E-state index contributed by atoms with van der Waals surface area (Å²) in [6.45, 7) is 6.44. The molecule has 1 aliphatic carbocycles. The summed E-state index contributed by atoms with van der Waals surface area (Å²) in [6.07, 6.45) is 10.7. The van der Waals surface area contributed by atoms with Crippen LogP contribution in [0.3, 0.4) is 0 Å². The smallest absolute Gasteiger partial charge is 0.137 e. The average Bonchev–Trinajstić information content (AvgIpc) is 3.07. The summed E-state index contributed by atoms with van der Waals surface area (Å²) >= 11 is 0. The Balaban J connectivity index is 2.13. The number of amidine groups is 1. The third-order valence-electron chi connectivity index (χ3n) is 4.04. The summed E-state index contributed by atoms with van der Waals surface area (Å²) < 4.78 is 0. The minimum Gasteiger partial charge on any atom is -0.321 e. The van der Waals surface area contributed by atoms with Crippen LogP contribution in [0.25, 0.3) is 5.57 Å². The molecule has 2 aliphatic rings. The second-order valence-electron chi connectivity index (χ2n) is 5.22. The molecule has 20 heavy (non-hydrogen) atoms. The fourth-order valence-corrected chi connectivity index (χ4v) is 3.23. The highest BCUT2D eigenvalue weighted by Gasteiger charge is 2.36. The first-order valence-corrected chi connectivity index (χ1v) is 7.31. The van der Waals surface area contributed by atoms with Crippen molar-refractivity contribution >= 4 is 23.8 Å². The Hall–Kier alpha value is -1.97. The molecule has 0 radical (unpaired) electrons. The molecule has 0 unspecified atom stereocenters. The van der Waals surface area contributed by atoms with Crippen molar-refractivity contribution in [2.24, 2.45) is 9.98 Å². The highest BCUT2D eigenvalue weighted by Crippen LogP contribution is 2.41. The minimum atomic E-state index is 0.541. The maximum absolute atomic E-state index is 4.72. The molecule has 0 spiro atoms. The van der Waals surface area contributed by atoms with Crippen LogP contribution in [0.15, 0.2) is 34.6 Å². The lowest BCUT2D eigenvalue weighted by Crippen LogP contribution is -2.36. The zero-order valence-corrected chi connectivity index (χ0v) is 11.9. The number of anilines is 1. The number of aliphatic imine (C=N–C) groups is 2. The predicted octanol–water partition coefficient (Wildman–Crippen LogP) is 3.30. The van der Waals surface area contributed by atoms with Gasteiger partial charge in [-0.3, -0.25) is 15.0 Å². The highest BCUT2D eigenvalue weighted by molar-refractivity contribution is 6.35. The van der Waals surface area contributed by atoms with Gasteiger partial charge in [-0.1, -0.05) is 12.8 Å². The molecule has 0 bridgehead atoms. The maximum atomic E-state index is 4.72. The lowest BCUT2D eigenvalue weighted by Gasteiger charge is -2.27. The normalized spacial score (nSPS) is 22.8. The molecule has 1 aromatic heterocycles. The first kappa shape index (κ1) is 13.0. The van der Waals surface area contributed by atoms with E-state index in [0.29, 0.717) is 6.04 Å². The van der Waals surface area contributed by atoms with Crippen LogP contribution in [-0.2, 0) is 0 Å². The number of rotatable bonds is 3. The fraction of sp³-hybridized carbons (Fsp3) is 0.438. The summed E-state index contributed by atoms with van der Waals surface area (Å²) in [4.78, 5) is 15.4. The van der Waals surface area contributed by atoms with Crippen molar-refractivity contribution in [3.8, 4) is 0 Å². The number of pyridine rings is 1. The molecule has 0 amide bonds. The van der Waals surface area contributed by atoms with E-state index in [9.17, 15) is 0 Å². The number of hydrogen-bond donors (Lipinski definition) is 0. The molecular formula is C16H20N4. The van der Waals surface area contributed by atoms with Crippen molar-refractivity contribution < 1.29 is 0 Å². The third-order valence-corrected chi connectivity index (χ3v) is 4.04. The van der Waals surface area contributed by atoms with Crippen molar-refractivity contribution in [3.63, 3.8) is 0 Å². The van der Waals surface area contributed by atoms with Crippen LogP contribution in [0.4, 0.5) is 5.69 Å². The molecule has 0 aromatic carbocycles. The molecule has 1 aliphatic heterocycles. The van der Waals surface area contributed by atoms with E-state index in [2.05, 4.69) is 28.5 Å². The van der Waals surface area contributed by atoms with Gasteiger partial charge in [0.1, 0.15) is 5.84 Å². The standard InChI is InChI=1S/C16H20N4/c1-3-19-16-14(10-17-2)13-8-9-18-11-15(13)20(16)12-6-4-5-7-12/h8-12H,2-7H2,1H3/b14-10-,19-16?. The second kappa shape index (κ2) is 5.57. The largest absolute Gasteiger partial charge is 0.321 e. The molecule has 1 fully saturated rings. The lowest BCUT2D eigenvalue weighted by atomic mass is 10.1. The minimum absolute atomic E-state index is 0.541. The Morgan fingerprint density at radius 2 is 2.25 bits per heavy atom. The van der Waals surface area contributed by atoms with Crippen LogP contribution in [0.1, 0.15) is 38.2 Å². The second-order valence-corrected chi connectivity index (χ2v) is 5.22. The van der Waals surface area contributed by atoms with E-state index < -0.39 is 0 Å². The maximum Gasteiger partial charge on any atom is 0.137 e. The first-order valence-electron chi connectivity index (χ1n) is 7.31. The zero-order chi connectivity index (χ0) is 13.9. The molecule has 0 saturated heterocycles. The molecule has 1 aromatic rings. The van der Waals surface area contributed by atoms with Gasteiger partial charge in [-0.05, 0) is 32.5 Å². The molecule has 0 N–H and O–H groups in total. The van der Waals surface area contributed by atoms with Gasteiger partial charge in [0.15, 0.2) is 0 Å². The van der Waals surface area contributed by atoms with E-state index >= 15 is 0 Å². The molecule has 1 saturated carbocycles. The molecule has 104 valence electrons. The van der Waals surface area contributed by atoms with Crippen molar-refractivity contribution in [1.82, 2.24) is 4.98 Å². The highest BCUT2D eigenvalue weighted by atomic mass is 15.2.